The smallest absolute Gasteiger partial charge is 0.165 e. The Morgan fingerprint density at radius 2 is 1.67 bits per heavy atom. The molecule has 1 aliphatic rings. The molecule has 0 amide bonds. The van der Waals surface area contributed by atoms with Gasteiger partial charge in [0, 0.05) is 23.1 Å². The molecule has 0 bridgehead atoms. The van der Waals surface area contributed by atoms with Gasteiger partial charge in [0.15, 0.2) is 11.5 Å². The van der Waals surface area contributed by atoms with Crippen LogP contribution in [0.3, 0.4) is 0 Å². The standard InChI is InChI=1S/C17H18BrNO2/c1-19(11-13-5-2-3-7-15(13)18)12-14-6-4-8-16-17(14)21-10-9-20-16/h2-8H,9-12H2,1H3. The Morgan fingerprint density at radius 3 is 2.52 bits per heavy atom. The van der Waals surface area contributed by atoms with Crippen molar-refractivity contribution in [2.24, 2.45) is 0 Å². The number of halogens is 1. The van der Waals surface area contributed by atoms with Crippen LogP contribution < -0.4 is 9.47 Å². The summed E-state index contributed by atoms with van der Waals surface area (Å²) in [7, 11) is 2.11. The molecule has 0 saturated heterocycles. The second-order valence-corrected chi connectivity index (χ2v) is 6.06. The quantitative estimate of drug-likeness (QED) is 0.838. The Kier molecular flexibility index (Phi) is 4.46. The van der Waals surface area contributed by atoms with Gasteiger partial charge in [-0.2, -0.15) is 0 Å². The van der Waals surface area contributed by atoms with Crippen LogP contribution in [0.4, 0.5) is 0 Å². The number of benzene rings is 2. The fourth-order valence-corrected chi connectivity index (χ4v) is 2.93. The van der Waals surface area contributed by atoms with Gasteiger partial charge >= 0.3 is 0 Å². The minimum Gasteiger partial charge on any atom is -0.486 e. The third-order valence-electron chi connectivity index (χ3n) is 3.49. The third kappa shape index (κ3) is 3.39. The fourth-order valence-electron chi connectivity index (χ4n) is 2.52. The van der Waals surface area contributed by atoms with Gasteiger partial charge in [-0.05, 0) is 24.7 Å². The molecular formula is C17H18BrNO2. The van der Waals surface area contributed by atoms with Crippen molar-refractivity contribution in [3.8, 4) is 11.5 Å². The molecule has 110 valence electrons. The molecule has 1 heterocycles. The molecule has 0 fully saturated rings. The van der Waals surface area contributed by atoms with E-state index in [-0.39, 0.29) is 0 Å². The van der Waals surface area contributed by atoms with Crippen molar-refractivity contribution in [2.45, 2.75) is 13.1 Å². The van der Waals surface area contributed by atoms with E-state index in [0.717, 1.165) is 29.1 Å². The highest BCUT2D eigenvalue weighted by atomic mass is 79.9. The Balaban J connectivity index is 1.73. The number of ether oxygens (including phenoxy) is 2. The lowest BCUT2D eigenvalue weighted by atomic mass is 10.1. The first kappa shape index (κ1) is 14.4. The van der Waals surface area contributed by atoms with E-state index in [1.807, 2.05) is 18.2 Å². The summed E-state index contributed by atoms with van der Waals surface area (Å²) in [6, 6.07) is 14.4. The maximum absolute atomic E-state index is 5.77. The van der Waals surface area contributed by atoms with Crippen LogP contribution in [0.2, 0.25) is 0 Å². The molecule has 21 heavy (non-hydrogen) atoms. The summed E-state index contributed by atoms with van der Waals surface area (Å²) in [4.78, 5) is 2.27. The van der Waals surface area contributed by atoms with Crippen LogP contribution in [0.5, 0.6) is 11.5 Å². The van der Waals surface area contributed by atoms with Crippen LogP contribution in [0.25, 0.3) is 0 Å². The van der Waals surface area contributed by atoms with E-state index in [1.165, 1.54) is 11.1 Å². The highest BCUT2D eigenvalue weighted by Crippen LogP contribution is 2.34. The van der Waals surface area contributed by atoms with Gasteiger partial charge in [-0.3, -0.25) is 4.90 Å². The van der Waals surface area contributed by atoms with Gasteiger partial charge in [0.25, 0.3) is 0 Å². The van der Waals surface area contributed by atoms with Crippen LogP contribution in [0.1, 0.15) is 11.1 Å². The van der Waals surface area contributed by atoms with E-state index in [2.05, 4.69) is 52.1 Å². The number of hydrogen-bond donors (Lipinski definition) is 0. The second-order valence-electron chi connectivity index (χ2n) is 5.21. The van der Waals surface area contributed by atoms with Crippen molar-refractivity contribution in [1.82, 2.24) is 4.90 Å². The molecule has 2 aromatic rings. The molecule has 2 aromatic carbocycles. The minimum atomic E-state index is 0.623. The number of rotatable bonds is 4. The molecule has 0 atom stereocenters. The Labute approximate surface area is 133 Å². The lowest BCUT2D eigenvalue weighted by Gasteiger charge is -2.24. The predicted molar refractivity (Wildman–Crippen MR) is 86.7 cm³/mol. The molecule has 3 rings (SSSR count). The Hall–Kier alpha value is -1.52. The third-order valence-corrected chi connectivity index (χ3v) is 4.26. The zero-order valence-electron chi connectivity index (χ0n) is 12.0. The minimum absolute atomic E-state index is 0.623. The largest absolute Gasteiger partial charge is 0.486 e. The zero-order chi connectivity index (χ0) is 14.7. The molecular weight excluding hydrogens is 330 g/mol. The summed E-state index contributed by atoms with van der Waals surface area (Å²) in [5.74, 6) is 1.75. The Morgan fingerprint density at radius 1 is 0.952 bits per heavy atom. The van der Waals surface area contributed by atoms with Gasteiger partial charge in [0.2, 0.25) is 0 Å². The van der Waals surface area contributed by atoms with Crippen molar-refractivity contribution >= 4 is 15.9 Å². The van der Waals surface area contributed by atoms with Crippen LogP contribution in [0.15, 0.2) is 46.9 Å². The van der Waals surface area contributed by atoms with Crippen LogP contribution in [0, 0.1) is 0 Å². The average molecular weight is 348 g/mol. The molecule has 0 N–H and O–H groups in total. The topological polar surface area (TPSA) is 21.7 Å². The SMILES string of the molecule is CN(Cc1ccccc1Br)Cc1cccc2c1OCCO2. The van der Waals surface area contributed by atoms with Crippen molar-refractivity contribution in [1.29, 1.82) is 0 Å². The zero-order valence-corrected chi connectivity index (χ0v) is 13.6. The number of para-hydroxylation sites is 1. The predicted octanol–water partition coefficient (Wildman–Crippen LogP) is 3.85. The van der Waals surface area contributed by atoms with E-state index in [9.17, 15) is 0 Å². The second kappa shape index (κ2) is 6.50. The van der Waals surface area contributed by atoms with Crippen LogP contribution in [-0.4, -0.2) is 25.2 Å². The van der Waals surface area contributed by atoms with Crippen molar-refractivity contribution in [2.75, 3.05) is 20.3 Å². The van der Waals surface area contributed by atoms with E-state index < -0.39 is 0 Å². The molecule has 0 radical (unpaired) electrons. The first-order chi connectivity index (χ1) is 10.2. The van der Waals surface area contributed by atoms with Crippen molar-refractivity contribution in [3.63, 3.8) is 0 Å². The average Bonchev–Trinajstić information content (AvgIpc) is 2.50. The van der Waals surface area contributed by atoms with Gasteiger partial charge < -0.3 is 9.47 Å². The molecule has 0 spiro atoms. The van der Waals surface area contributed by atoms with Gasteiger partial charge in [-0.25, -0.2) is 0 Å². The number of hydrogen-bond acceptors (Lipinski definition) is 3. The highest BCUT2D eigenvalue weighted by molar-refractivity contribution is 9.10. The molecule has 0 saturated carbocycles. The monoisotopic (exact) mass is 347 g/mol. The van der Waals surface area contributed by atoms with Gasteiger partial charge in [0.05, 0.1) is 0 Å². The van der Waals surface area contributed by atoms with E-state index >= 15 is 0 Å². The summed E-state index contributed by atoms with van der Waals surface area (Å²) >= 11 is 3.60. The summed E-state index contributed by atoms with van der Waals surface area (Å²) in [5, 5.41) is 0. The van der Waals surface area contributed by atoms with Gasteiger partial charge in [-0.1, -0.05) is 46.3 Å². The molecule has 0 unspecified atom stereocenters. The van der Waals surface area contributed by atoms with E-state index in [4.69, 9.17) is 9.47 Å². The van der Waals surface area contributed by atoms with Crippen molar-refractivity contribution in [3.05, 3.63) is 58.1 Å². The summed E-state index contributed by atoms with van der Waals surface area (Å²) in [5.41, 5.74) is 2.45. The van der Waals surface area contributed by atoms with Gasteiger partial charge in [-0.15, -0.1) is 0 Å². The molecule has 3 nitrogen and oxygen atoms in total. The summed E-state index contributed by atoms with van der Waals surface area (Å²) < 4.78 is 12.5. The molecule has 1 aliphatic heterocycles. The maximum atomic E-state index is 5.77. The lowest BCUT2D eigenvalue weighted by Crippen LogP contribution is -2.21. The molecule has 0 aliphatic carbocycles. The normalized spacial score (nSPS) is 13.5. The summed E-state index contributed by atoms with van der Waals surface area (Å²) in [6.07, 6.45) is 0. The maximum Gasteiger partial charge on any atom is 0.165 e. The molecule has 4 heteroatoms. The lowest BCUT2D eigenvalue weighted by molar-refractivity contribution is 0.167. The molecule has 0 aromatic heterocycles. The first-order valence-corrected chi connectivity index (χ1v) is 7.83. The highest BCUT2D eigenvalue weighted by Gasteiger charge is 2.16. The Bertz CT molecular complexity index is 630. The van der Waals surface area contributed by atoms with Gasteiger partial charge in [0.1, 0.15) is 13.2 Å². The number of fused-ring (bicyclic) bond motifs is 1. The summed E-state index contributed by atoms with van der Waals surface area (Å²) in [6.45, 7) is 2.96. The van der Waals surface area contributed by atoms with Crippen LogP contribution >= 0.6 is 15.9 Å². The fraction of sp³-hybridized carbons (Fsp3) is 0.294. The van der Waals surface area contributed by atoms with Crippen molar-refractivity contribution < 1.29 is 9.47 Å². The van der Waals surface area contributed by atoms with E-state index in [1.54, 1.807) is 0 Å². The van der Waals surface area contributed by atoms with Crippen LogP contribution in [-0.2, 0) is 13.1 Å². The number of nitrogens with zero attached hydrogens (tertiary/aromatic N) is 1. The first-order valence-electron chi connectivity index (χ1n) is 7.03. The van der Waals surface area contributed by atoms with E-state index in [0.29, 0.717) is 13.2 Å².